The summed E-state index contributed by atoms with van der Waals surface area (Å²) >= 11 is 0. The molecule has 0 fully saturated rings. The van der Waals surface area contributed by atoms with Crippen LogP contribution >= 0.6 is 0 Å². The maximum Gasteiger partial charge on any atom is 0.264 e. The monoisotopic (exact) mass is 549 g/mol. The molecule has 0 heterocycles. The second-order valence-corrected chi connectivity index (χ2v) is 12.3. The molecule has 1 N–H and O–H groups in total. The zero-order valence-corrected chi connectivity index (χ0v) is 24.2. The number of nitrogens with zero attached hydrogens (tertiary/aromatic N) is 2. The normalized spacial score (nSPS) is 12.3. The second-order valence-electron chi connectivity index (χ2n) is 10.4. The van der Waals surface area contributed by atoms with E-state index >= 15 is 0 Å². The van der Waals surface area contributed by atoms with E-state index in [2.05, 4.69) is 19.2 Å². The predicted octanol–water partition coefficient (Wildman–Crippen LogP) is 5.19. The number of nitrogens with one attached hydrogen (secondary N) is 1. The molecule has 2 amide bonds. The lowest BCUT2D eigenvalue weighted by Crippen LogP contribution is -2.51. The summed E-state index contributed by atoms with van der Waals surface area (Å²) in [5.74, 6) is -0.239. The SMILES string of the molecule is CC(C)CNC(=O)C(C)N(Cc1ccccc1)C(=O)CN(c1ccc(C(C)C)cc1)S(=O)(=O)c1ccccc1. The summed E-state index contributed by atoms with van der Waals surface area (Å²) in [6.45, 7) is 9.98. The van der Waals surface area contributed by atoms with Crippen LogP contribution in [0.3, 0.4) is 0 Å². The molecule has 0 aliphatic rings. The summed E-state index contributed by atoms with van der Waals surface area (Å²) in [6, 6.07) is 23.8. The smallest absolute Gasteiger partial charge is 0.264 e. The van der Waals surface area contributed by atoms with Crippen molar-refractivity contribution in [1.29, 1.82) is 0 Å². The summed E-state index contributed by atoms with van der Waals surface area (Å²) in [5.41, 5.74) is 2.28. The van der Waals surface area contributed by atoms with Crippen molar-refractivity contribution in [1.82, 2.24) is 10.2 Å². The molecule has 0 bridgehead atoms. The van der Waals surface area contributed by atoms with Crippen LogP contribution in [0.5, 0.6) is 0 Å². The molecule has 1 unspecified atom stereocenters. The van der Waals surface area contributed by atoms with Gasteiger partial charge >= 0.3 is 0 Å². The lowest BCUT2D eigenvalue weighted by atomic mass is 10.0. The maximum atomic E-state index is 13.9. The second kappa shape index (κ2) is 13.4. The van der Waals surface area contributed by atoms with Crippen LogP contribution in [0.25, 0.3) is 0 Å². The number of amides is 2. The predicted molar refractivity (Wildman–Crippen MR) is 156 cm³/mol. The highest BCUT2D eigenvalue weighted by molar-refractivity contribution is 7.92. The van der Waals surface area contributed by atoms with Crippen LogP contribution in [0.4, 0.5) is 5.69 Å². The highest BCUT2D eigenvalue weighted by Crippen LogP contribution is 2.26. The van der Waals surface area contributed by atoms with Gasteiger partial charge in [-0.2, -0.15) is 0 Å². The molecule has 8 heteroatoms. The molecular formula is C31H39N3O4S. The highest BCUT2D eigenvalue weighted by Gasteiger charge is 2.32. The van der Waals surface area contributed by atoms with E-state index in [4.69, 9.17) is 0 Å². The fourth-order valence-corrected chi connectivity index (χ4v) is 5.52. The highest BCUT2D eigenvalue weighted by atomic mass is 32.2. The first-order valence-corrected chi connectivity index (χ1v) is 14.7. The standard InChI is InChI=1S/C31H39N3O4S/c1-23(2)20-32-31(36)25(5)33(21-26-12-8-6-9-13-26)30(35)22-34(28-18-16-27(17-19-28)24(3)4)39(37,38)29-14-10-7-11-15-29/h6-19,23-25H,20-22H2,1-5H3,(H,32,36). The Morgan fingerprint density at radius 1 is 0.795 bits per heavy atom. The van der Waals surface area contributed by atoms with Crippen molar-refractivity contribution in [3.05, 3.63) is 96.1 Å². The van der Waals surface area contributed by atoms with Gasteiger partial charge in [-0.25, -0.2) is 8.42 Å². The summed E-state index contributed by atoms with van der Waals surface area (Å²) in [7, 11) is -4.07. The van der Waals surface area contributed by atoms with E-state index in [1.54, 1.807) is 37.3 Å². The lowest BCUT2D eigenvalue weighted by Gasteiger charge is -2.32. The average Bonchev–Trinajstić information content (AvgIpc) is 2.93. The Kier molecular flexibility index (Phi) is 10.3. The molecule has 0 radical (unpaired) electrons. The minimum atomic E-state index is -4.07. The van der Waals surface area contributed by atoms with E-state index < -0.39 is 28.5 Å². The molecule has 0 saturated carbocycles. The quantitative estimate of drug-likeness (QED) is 0.337. The first-order chi connectivity index (χ1) is 18.5. The molecule has 0 spiro atoms. The minimum absolute atomic E-state index is 0.0862. The molecule has 0 aromatic heterocycles. The third-order valence-electron chi connectivity index (χ3n) is 6.51. The van der Waals surface area contributed by atoms with E-state index in [-0.39, 0.29) is 29.2 Å². The van der Waals surface area contributed by atoms with Gasteiger partial charge in [0.25, 0.3) is 10.0 Å². The van der Waals surface area contributed by atoms with Gasteiger partial charge in [-0.15, -0.1) is 0 Å². The van der Waals surface area contributed by atoms with Gasteiger partial charge in [-0.05, 0) is 54.2 Å². The maximum absolute atomic E-state index is 13.9. The molecule has 0 saturated heterocycles. The molecule has 0 aliphatic heterocycles. The van der Waals surface area contributed by atoms with Crippen molar-refractivity contribution in [2.75, 3.05) is 17.4 Å². The fraction of sp³-hybridized carbons (Fsp3) is 0.355. The third kappa shape index (κ3) is 7.93. The van der Waals surface area contributed by atoms with Gasteiger partial charge in [0.1, 0.15) is 12.6 Å². The van der Waals surface area contributed by atoms with Crippen LogP contribution in [-0.2, 0) is 26.2 Å². The summed E-state index contributed by atoms with van der Waals surface area (Å²) in [4.78, 5) is 28.5. The number of hydrogen-bond donors (Lipinski definition) is 1. The van der Waals surface area contributed by atoms with Crippen LogP contribution in [0.15, 0.2) is 89.8 Å². The Morgan fingerprint density at radius 2 is 1.36 bits per heavy atom. The number of rotatable bonds is 12. The number of benzene rings is 3. The number of hydrogen-bond acceptors (Lipinski definition) is 4. The first-order valence-electron chi connectivity index (χ1n) is 13.3. The van der Waals surface area contributed by atoms with Gasteiger partial charge < -0.3 is 10.2 Å². The zero-order valence-electron chi connectivity index (χ0n) is 23.4. The Hall–Kier alpha value is -3.65. The Labute approximate surface area is 232 Å². The van der Waals surface area contributed by atoms with Crippen LogP contribution < -0.4 is 9.62 Å². The number of anilines is 1. The first kappa shape index (κ1) is 29.9. The van der Waals surface area contributed by atoms with Crippen LogP contribution in [0.1, 0.15) is 51.7 Å². The van der Waals surface area contributed by atoms with E-state index in [1.807, 2.05) is 56.3 Å². The molecule has 3 aromatic carbocycles. The van der Waals surface area contributed by atoms with Gasteiger partial charge in [-0.1, -0.05) is 88.4 Å². The van der Waals surface area contributed by atoms with E-state index in [0.29, 0.717) is 12.2 Å². The minimum Gasteiger partial charge on any atom is -0.354 e. The van der Waals surface area contributed by atoms with E-state index in [0.717, 1.165) is 15.4 Å². The molecule has 3 aromatic rings. The molecule has 39 heavy (non-hydrogen) atoms. The largest absolute Gasteiger partial charge is 0.354 e. The number of carbonyl (C=O) groups is 2. The molecule has 208 valence electrons. The molecule has 3 rings (SSSR count). The lowest BCUT2D eigenvalue weighted by molar-refractivity contribution is -0.139. The van der Waals surface area contributed by atoms with Gasteiger partial charge in [0.05, 0.1) is 10.6 Å². The number of carbonyl (C=O) groups excluding carboxylic acids is 2. The zero-order chi connectivity index (χ0) is 28.6. The van der Waals surface area contributed by atoms with Crippen LogP contribution in [0, 0.1) is 5.92 Å². The van der Waals surface area contributed by atoms with Crippen molar-refractivity contribution in [2.45, 2.75) is 58.0 Å². The van der Waals surface area contributed by atoms with Crippen molar-refractivity contribution in [3.8, 4) is 0 Å². The fourth-order valence-electron chi connectivity index (χ4n) is 4.09. The van der Waals surface area contributed by atoms with Crippen molar-refractivity contribution < 1.29 is 18.0 Å². The Balaban J connectivity index is 2.00. The summed E-state index contributed by atoms with van der Waals surface area (Å²) < 4.78 is 28.8. The molecule has 0 aliphatic carbocycles. The van der Waals surface area contributed by atoms with E-state index in [1.165, 1.54) is 17.0 Å². The van der Waals surface area contributed by atoms with Gasteiger partial charge in [0.2, 0.25) is 11.8 Å². The van der Waals surface area contributed by atoms with Gasteiger partial charge in [0, 0.05) is 13.1 Å². The topological polar surface area (TPSA) is 86.8 Å². The van der Waals surface area contributed by atoms with Crippen molar-refractivity contribution >= 4 is 27.5 Å². The molecule has 1 atom stereocenters. The number of sulfonamides is 1. The summed E-state index contributed by atoms with van der Waals surface area (Å²) in [6.07, 6.45) is 0. The summed E-state index contributed by atoms with van der Waals surface area (Å²) in [5, 5.41) is 2.90. The molecular weight excluding hydrogens is 510 g/mol. The van der Waals surface area contributed by atoms with Crippen LogP contribution in [-0.4, -0.2) is 44.3 Å². The molecule has 7 nitrogen and oxygen atoms in total. The van der Waals surface area contributed by atoms with Crippen LogP contribution in [0.2, 0.25) is 0 Å². The average molecular weight is 550 g/mol. The Morgan fingerprint density at radius 3 is 1.90 bits per heavy atom. The van der Waals surface area contributed by atoms with Gasteiger partial charge in [-0.3, -0.25) is 13.9 Å². The third-order valence-corrected chi connectivity index (χ3v) is 8.29. The van der Waals surface area contributed by atoms with E-state index in [9.17, 15) is 18.0 Å². The van der Waals surface area contributed by atoms with Crippen molar-refractivity contribution in [2.24, 2.45) is 5.92 Å². The van der Waals surface area contributed by atoms with Gasteiger partial charge in [0.15, 0.2) is 0 Å². The van der Waals surface area contributed by atoms with Crippen molar-refractivity contribution in [3.63, 3.8) is 0 Å². The Bertz CT molecular complexity index is 1330.